The highest BCUT2D eigenvalue weighted by Crippen LogP contribution is 2.32. The maximum atomic E-state index is 13.4. The molecule has 0 saturated carbocycles. The summed E-state index contributed by atoms with van der Waals surface area (Å²) in [5.74, 6) is 0.687. The highest BCUT2D eigenvalue weighted by Gasteiger charge is 2.30. The maximum Gasteiger partial charge on any atom is 0.243 e. The van der Waals surface area contributed by atoms with Crippen LogP contribution in [0.1, 0.15) is 28.1 Å². The number of fused-ring (bicyclic) bond motifs is 1. The summed E-state index contributed by atoms with van der Waals surface area (Å²) in [6, 6.07) is 13.6. The summed E-state index contributed by atoms with van der Waals surface area (Å²) in [5, 5.41) is 3.99. The molecule has 0 N–H and O–H groups in total. The van der Waals surface area contributed by atoms with Crippen LogP contribution in [0.4, 0.5) is 0 Å². The molecule has 1 aliphatic heterocycles. The van der Waals surface area contributed by atoms with Crippen LogP contribution in [0.2, 0.25) is 0 Å². The smallest absolute Gasteiger partial charge is 0.243 e. The van der Waals surface area contributed by atoms with Gasteiger partial charge in [-0.1, -0.05) is 41.6 Å². The van der Waals surface area contributed by atoms with E-state index in [9.17, 15) is 8.42 Å². The minimum absolute atomic E-state index is 0.347. The number of hydrogen-bond donors (Lipinski definition) is 0. The highest BCUT2D eigenvalue weighted by atomic mass is 32.2. The van der Waals surface area contributed by atoms with Gasteiger partial charge in [0.25, 0.3) is 0 Å². The van der Waals surface area contributed by atoms with Crippen molar-refractivity contribution in [3.63, 3.8) is 0 Å². The highest BCUT2D eigenvalue weighted by molar-refractivity contribution is 7.89. The number of benzene rings is 2. The Morgan fingerprint density at radius 3 is 2.48 bits per heavy atom. The van der Waals surface area contributed by atoms with Crippen LogP contribution in [0.3, 0.4) is 0 Å². The van der Waals surface area contributed by atoms with E-state index in [4.69, 9.17) is 4.52 Å². The Morgan fingerprint density at radius 2 is 1.78 bits per heavy atom. The molecule has 0 unspecified atom stereocenters. The molecule has 3 aromatic rings. The van der Waals surface area contributed by atoms with Gasteiger partial charge in [-0.15, -0.1) is 0 Å². The van der Waals surface area contributed by atoms with Crippen molar-refractivity contribution in [2.24, 2.45) is 0 Å². The summed E-state index contributed by atoms with van der Waals surface area (Å²) >= 11 is 0. The average molecular weight is 382 g/mol. The van der Waals surface area contributed by atoms with Crippen LogP contribution in [-0.2, 0) is 23.0 Å². The first-order chi connectivity index (χ1) is 12.9. The minimum atomic E-state index is -3.59. The van der Waals surface area contributed by atoms with E-state index in [2.05, 4.69) is 11.2 Å². The first-order valence-corrected chi connectivity index (χ1v) is 10.4. The van der Waals surface area contributed by atoms with Crippen LogP contribution in [-0.4, -0.2) is 24.4 Å². The van der Waals surface area contributed by atoms with E-state index >= 15 is 0 Å². The largest absolute Gasteiger partial charge is 0.361 e. The second-order valence-electron chi connectivity index (χ2n) is 7.04. The van der Waals surface area contributed by atoms with Crippen molar-refractivity contribution < 1.29 is 12.9 Å². The summed E-state index contributed by atoms with van der Waals surface area (Å²) in [5.41, 5.74) is 5.47. The average Bonchev–Trinajstić information content (AvgIpc) is 3.00. The second-order valence-corrected chi connectivity index (χ2v) is 8.94. The molecule has 0 amide bonds. The third-order valence-corrected chi connectivity index (χ3v) is 7.21. The van der Waals surface area contributed by atoms with E-state index in [1.807, 2.05) is 51.1 Å². The van der Waals surface area contributed by atoms with Gasteiger partial charge in [0.1, 0.15) is 5.76 Å². The van der Waals surface area contributed by atoms with Gasteiger partial charge in [0.05, 0.1) is 10.6 Å². The summed E-state index contributed by atoms with van der Waals surface area (Å²) in [6.07, 6.45) is 0.734. The minimum Gasteiger partial charge on any atom is -0.361 e. The van der Waals surface area contributed by atoms with Crippen molar-refractivity contribution >= 4 is 10.0 Å². The summed E-state index contributed by atoms with van der Waals surface area (Å²) < 4.78 is 33.6. The van der Waals surface area contributed by atoms with Gasteiger partial charge in [-0.25, -0.2) is 8.42 Å². The molecule has 5 nitrogen and oxygen atoms in total. The van der Waals surface area contributed by atoms with E-state index in [-0.39, 0.29) is 0 Å². The van der Waals surface area contributed by atoms with Crippen LogP contribution < -0.4 is 0 Å². The molecule has 4 rings (SSSR count). The number of aromatic nitrogens is 1. The molecule has 27 heavy (non-hydrogen) atoms. The van der Waals surface area contributed by atoms with Crippen LogP contribution >= 0.6 is 0 Å². The molecular formula is C21H22N2O3S. The Labute approximate surface area is 159 Å². The molecule has 0 saturated heterocycles. The third-order valence-electron chi connectivity index (χ3n) is 5.22. The van der Waals surface area contributed by atoms with E-state index in [0.717, 1.165) is 34.4 Å². The Hall–Kier alpha value is -2.44. The topological polar surface area (TPSA) is 63.4 Å². The zero-order valence-corrected chi connectivity index (χ0v) is 16.5. The Bertz CT molecular complexity index is 1100. The molecule has 0 radical (unpaired) electrons. The fraction of sp³-hybridized carbons (Fsp3) is 0.286. The van der Waals surface area contributed by atoms with Crippen molar-refractivity contribution in [3.8, 4) is 11.1 Å². The van der Waals surface area contributed by atoms with E-state index in [1.165, 1.54) is 5.56 Å². The summed E-state index contributed by atoms with van der Waals surface area (Å²) in [6.45, 7) is 6.44. The predicted molar refractivity (Wildman–Crippen MR) is 104 cm³/mol. The molecule has 1 aromatic heterocycles. The van der Waals surface area contributed by atoms with Crippen LogP contribution in [0.25, 0.3) is 11.1 Å². The zero-order valence-electron chi connectivity index (χ0n) is 15.7. The van der Waals surface area contributed by atoms with E-state index in [0.29, 0.717) is 23.7 Å². The number of nitrogens with zero attached hydrogens (tertiary/aromatic N) is 2. The first-order valence-electron chi connectivity index (χ1n) is 8.99. The van der Waals surface area contributed by atoms with Crippen LogP contribution in [0.5, 0.6) is 0 Å². The Morgan fingerprint density at radius 1 is 1.04 bits per heavy atom. The van der Waals surface area contributed by atoms with E-state index < -0.39 is 10.0 Å². The van der Waals surface area contributed by atoms with Crippen molar-refractivity contribution in [2.75, 3.05) is 6.54 Å². The van der Waals surface area contributed by atoms with Gasteiger partial charge in [-0.05, 0) is 55.5 Å². The lowest BCUT2D eigenvalue weighted by molar-refractivity contribution is 0.391. The van der Waals surface area contributed by atoms with Crippen molar-refractivity contribution in [3.05, 3.63) is 70.6 Å². The maximum absolute atomic E-state index is 13.4. The van der Waals surface area contributed by atoms with Gasteiger partial charge >= 0.3 is 0 Å². The lowest BCUT2D eigenvalue weighted by Crippen LogP contribution is -2.36. The lowest BCUT2D eigenvalue weighted by Gasteiger charge is -2.28. The molecule has 0 atom stereocenters. The molecule has 0 aliphatic carbocycles. The van der Waals surface area contributed by atoms with Gasteiger partial charge in [0.15, 0.2) is 0 Å². The normalized spacial score (nSPS) is 14.9. The van der Waals surface area contributed by atoms with E-state index in [1.54, 1.807) is 10.4 Å². The number of rotatable bonds is 3. The first kappa shape index (κ1) is 17.9. The van der Waals surface area contributed by atoms with Crippen LogP contribution in [0, 0.1) is 20.8 Å². The van der Waals surface area contributed by atoms with Gasteiger partial charge in [0.2, 0.25) is 10.0 Å². The monoisotopic (exact) mass is 382 g/mol. The number of aryl methyl sites for hydroxylation is 3. The SMILES string of the molecule is Cc1ccc(-c2c(C)noc2C)cc1S(=O)(=O)N1CCc2ccccc2C1. The lowest BCUT2D eigenvalue weighted by atomic mass is 10.0. The molecule has 6 heteroatoms. The van der Waals surface area contributed by atoms with Gasteiger partial charge in [0, 0.05) is 18.7 Å². The standard InChI is InChI=1S/C21H22N2O3S/c1-14-8-9-18(21-15(2)22-26-16(21)3)12-20(14)27(24,25)23-11-10-17-6-4-5-7-19(17)13-23/h4-9,12H,10-11,13H2,1-3H3. The molecule has 0 bridgehead atoms. The molecule has 0 fully saturated rings. The second kappa shape index (κ2) is 6.62. The van der Waals surface area contributed by atoms with Gasteiger partial charge < -0.3 is 4.52 Å². The molecule has 140 valence electrons. The van der Waals surface area contributed by atoms with Crippen molar-refractivity contribution in [2.45, 2.75) is 38.6 Å². The molecule has 2 aromatic carbocycles. The third kappa shape index (κ3) is 3.09. The van der Waals surface area contributed by atoms with Gasteiger partial charge in [-0.3, -0.25) is 0 Å². The van der Waals surface area contributed by atoms with Crippen molar-refractivity contribution in [1.29, 1.82) is 0 Å². The summed E-state index contributed by atoms with van der Waals surface area (Å²) in [4.78, 5) is 0.347. The molecule has 2 heterocycles. The fourth-order valence-electron chi connectivity index (χ4n) is 3.74. The quantitative estimate of drug-likeness (QED) is 0.686. The number of hydrogen-bond acceptors (Lipinski definition) is 4. The Balaban J connectivity index is 1.75. The van der Waals surface area contributed by atoms with Crippen molar-refractivity contribution in [1.82, 2.24) is 9.46 Å². The molecule has 0 spiro atoms. The molecular weight excluding hydrogens is 360 g/mol. The Kier molecular flexibility index (Phi) is 4.40. The fourth-order valence-corrected chi connectivity index (χ4v) is 5.41. The number of sulfonamides is 1. The zero-order chi connectivity index (χ0) is 19.2. The predicted octanol–water partition coefficient (Wildman–Crippen LogP) is 4.01. The summed E-state index contributed by atoms with van der Waals surface area (Å²) in [7, 11) is -3.59. The van der Waals surface area contributed by atoms with Gasteiger partial charge in [-0.2, -0.15) is 4.31 Å². The molecule has 1 aliphatic rings. The van der Waals surface area contributed by atoms with Crippen LogP contribution in [0.15, 0.2) is 51.9 Å².